The molecule has 8 rings (SSSR count). The van der Waals surface area contributed by atoms with E-state index in [2.05, 4.69) is 11.6 Å². The summed E-state index contributed by atoms with van der Waals surface area (Å²) >= 11 is 0. The average Bonchev–Trinajstić information content (AvgIpc) is 3.45. The predicted molar refractivity (Wildman–Crippen MR) is 200 cm³/mol. The van der Waals surface area contributed by atoms with Gasteiger partial charge in [-0.05, 0) is 74.1 Å². The second-order valence-electron chi connectivity index (χ2n) is 15.4. The van der Waals surface area contributed by atoms with Crippen LogP contribution in [0.25, 0.3) is 10.9 Å². The molecule has 1 saturated heterocycles. The first-order valence-electron chi connectivity index (χ1n) is 18.8. The molecule has 58 heavy (non-hydrogen) atoms. The van der Waals surface area contributed by atoms with Crippen molar-refractivity contribution in [3.63, 3.8) is 0 Å². The number of ether oxygens (including phenoxy) is 6. The first kappa shape index (κ1) is 38.5. The second kappa shape index (κ2) is 13.9. The average molecular weight is 799 g/mol. The number of allylic oxidation sites excluding steroid dienone is 2. The zero-order valence-corrected chi connectivity index (χ0v) is 32.6. The molecule has 2 aromatic rings. The molecule has 3 aliphatic heterocycles. The lowest BCUT2D eigenvalue weighted by Gasteiger charge is -2.33. The summed E-state index contributed by atoms with van der Waals surface area (Å²) in [5, 5.41) is 0.629. The fraction of sp³-hybridized carbons (Fsp3) is 0.439. The number of piperidine rings is 1. The summed E-state index contributed by atoms with van der Waals surface area (Å²) < 4.78 is 32.5. The Labute approximate surface area is 332 Å². The Morgan fingerprint density at radius 2 is 1.60 bits per heavy atom. The number of methoxy groups -OCH3 is 4. The molecule has 3 aliphatic carbocycles. The monoisotopic (exact) mass is 798 g/mol. The number of aromatic amines is 1. The van der Waals surface area contributed by atoms with E-state index in [-0.39, 0.29) is 53.7 Å². The topological polar surface area (TPSA) is 200 Å². The molecule has 1 aromatic heterocycles. The molecule has 304 valence electrons. The van der Waals surface area contributed by atoms with E-state index < -0.39 is 53.4 Å². The third-order valence-corrected chi connectivity index (χ3v) is 12.6. The first-order valence-corrected chi connectivity index (χ1v) is 18.8. The van der Waals surface area contributed by atoms with Gasteiger partial charge in [0.2, 0.25) is 18.3 Å². The molecule has 1 aromatic carbocycles. The Morgan fingerprint density at radius 3 is 2.24 bits per heavy atom. The van der Waals surface area contributed by atoms with E-state index in [1.807, 2.05) is 0 Å². The molecule has 3 unspecified atom stereocenters. The van der Waals surface area contributed by atoms with Crippen LogP contribution in [0.15, 0.2) is 59.5 Å². The summed E-state index contributed by atoms with van der Waals surface area (Å²) in [6.07, 6.45) is 5.28. The number of aromatic nitrogens is 1. The lowest BCUT2D eigenvalue weighted by molar-refractivity contribution is -0.160. The van der Waals surface area contributed by atoms with Gasteiger partial charge in [-0.3, -0.25) is 33.8 Å². The van der Waals surface area contributed by atoms with Gasteiger partial charge in [-0.2, -0.15) is 0 Å². The molecule has 6 aliphatic rings. The minimum Gasteiger partial charge on any atom is -0.493 e. The van der Waals surface area contributed by atoms with Crippen molar-refractivity contribution in [1.82, 2.24) is 19.7 Å². The molecule has 3 atom stereocenters. The van der Waals surface area contributed by atoms with E-state index in [9.17, 15) is 33.6 Å². The van der Waals surface area contributed by atoms with Crippen LogP contribution in [-0.4, -0.2) is 115 Å². The third-order valence-electron chi connectivity index (χ3n) is 12.6. The summed E-state index contributed by atoms with van der Waals surface area (Å²) in [7, 11) is 5.59. The van der Waals surface area contributed by atoms with E-state index in [0.29, 0.717) is 71.5 Å². The Hall–Kier alpha value is -6.39. The number of esters is 2. The predicted octanol–water partition coefficient (Wildman–Crippen LogP) is 3.55. The van der Waals surface area contributed by atoms with E-state index in [4.69, 9.17) is 28.4 Å². The number of ketones is 1. The number of hydrogen-bond acceptors (Lipinski definition) is 13. The zero-order valence-electron chi connectivity index (χ0n) is 32.6. The molecule has 3 fully saturated rings. The number of nitrogens with zero attached hydrogens (tertiary/aromatic N) is 3. The van der Waals surface area contributed by atoms with Gasteiger partial charge in [-0.15, -0.1) is 0 Å². The van der Waals surface area contributed by atoms with Gasteiger partial charge in [0.15, 0.2) is 17.0 Å². The zero-order chi connectivity index (χ0) is 41.4. The number of nitrogens with one attached hydrogen (secondary N) is 1. The van der Waals surface area contributed by atoms with Crippen LogP contribution in [0.2, 0.25) is 0 Å². The highest BCUT2D eigenvalue weighted by Gasteiger charge is 2.73. The number of H-pyrrole nitrogens is 1. The van der Waals surface area contributed by atoms with Crippen LogP contribution < -0.4 is 14.2 Å². The van der Waals surface area contributed by atoms with Crippen molar-refractivity contribution >= 4 is 52.4 Å². The van der Waals surface area contributed by atoms with Gasteiger partial charge in [0.1, 0.15) is 11.4 Å². The highest BCUT2D eigenvalue weighted by atomic mass is 16.7. The summed E-state index contributed by atoms with van der Waals surface area (Å²) in [5.74, 6) is -2.73. The van der Waals surface area contributed by atoms with Crippen LogP contribution >= 0.6 is 0 Å². The van der Waals surface area contributed by atoms with Gasteiger partial charge in [0.05, 0.1) is 39.9 Å². The van der Waals surface area contributed by atoms with Crippen molar-refractivity contribution in [3.8, 4) is 17.2 Å². The van der Waals surface area contributed by atoms with Gasteiger partial charge < -0.3 is 38.3 Å². The molecule has 1 spiro atoms. The standard InChI is InChI=1S/C41H42N4O13/c1-20-31-33(26(46)15-28-41(31)16-24(41)18-43(28)36(49)25-13-23-14-27(53-3)34(54-4)35(55-5)32(23)42-25)45(40(20,2)38(51)56-6)39(52)58-19-57-37(50)22-9-7-21(8-10-22)17-44-29(47)11-12-30(44)48/h11-15,21-22,24,42H,1,7-10,16-19H2,2-6H3. The quantitative estimate of drug-likeness (QED) is 0.208. The van der Waals surface area contributed by atoms with E-state index >= 15 is 0 Å². The van der Waals surface area contributed by atoms with Crippen LogP contribution in [0, 0.1) is 23.2 Å². The molecule has 4 amide bonds. The SMILES string of the molecule is C=C1C2=C(C(=O)C=C3N(C(=O)c4cc5cc(OC)c(OC)c(OC)c5[nH]4)CC4CC324)N(C(=O)OCOC(=O)C2CCC(CN3C(=O)C=CC3=O)CC2)C1(C)C(=O)OC. The molecular weight excluding hydrogens is 756 g/mol. The fourth-order valence-corrected chi connectivity index (χ4v) is 9.48. The summed E-state index contributed by atoms with van der Waals surface area (Å²) in [4.78, 5) is 99.6. The number of carbonyl (C=O) groups is 7. The largest absolute Gasteiger partial charge is 0.493 e. The maximum absolute atomic E-state index is 14.2. The summed E-state index contributed by atoms with van der Waals surface area (Å²) in [6, 6.07) is 3.38. The molecular formula is C41H42N4O13. The normalized spacial score (nSPS) is 27.0. The van der Waals surface area contributed by atoms with Crippen molar-refractivity contribution in [1.29, 1.82) is 0 Å². The smallest absolute Gasteiger partial charge is 0.418 e. The number of carbonyl (C=O) groups excluding carboxylic acids is 7. The van der Waals surface area contributed by atoms with Gasteiger partial charge in [0, 0.05) is 47.8 Å². The molecule has 4 heterocycles. The molecule has 0 bridgehead atoms. The number of hydrogen-bond donors (Lipinski definition) is 1. The van der Waals surface area contributed by atoms with E-state index in [1.165, 1.54) is 56.3 Å². The third kappa shape index (κ3) is 5.53. The van der Waals surface area contributed by atoms with Gasteiger partial charge in [0.25, 0.3) is 17.7 Å². The van der Waals surface area contributed by atoms with E-state index in [1.54, 1.807) is 12.1 Å². The summed E-state index contributed by atoms with van der Waals surface area (Å²) in [5.41, 5.74) is -1.26. The van der Waals surface area contributed by atoms with Crippen LogP contribution in [0.5, 0.6) is 17.2 Å². The maximum Gasteiger partial charge on any atom is 0.418 e. The van der Waals surface area contributed by atoms with Crippen molar-refractivity contribution < 1.29 is 62.0 Å². The van der Waals surface area contributed by atoms with Crippen molar-refractivity contribution in [2.75, 3.05) is 48.3 Å². The second-order valence-corrected chi connectivity index (χ2v) is 15.4. The van der Waals surface area contributed by atoms with E-state index in [0.717, 1.165) is 12.0 Å². The number of amides is 4. The molecule has 2 saturated carbocycles. The molecule has 17 heteroatoms. The Bertz CT molecular complexity index is 2310. The lowest BCUT2D eigenvalue weighted by Crippen LogP contribution is -2.53. The maximum atomic E-state index is 14.2. The molecule has 17 nitrogen and oxygen atoms in total. The van der Waals surface area contributed by atoms with Crippen LogP contribution in [0.1, 0.15) is 49.5 Å². The Kier molecular flexibility index (Phi) is 9.23. The van der Waals surface area contributed by atoms with Crippen LogP contribution in [0.4, 0.5) is 4.79 Å². The fourth-order valence-electron chi connectivity index (χ4n) is 9.48. The first-order chi connectivity index (χ1) is 27.7. The van der Waals surface area contributed by atoms with Gasteiger partial charge in [-0.25, -0.2) is 9.59 Å². The van der Waals surface area contributed by atoms with Gasteiger partial charge in [-0.1, -0.05) is 6.58 Å². The number of rotatable bonds is 10. The number of imide groups is 1. The lowest BCUT2D eigenvalue weighted by atomic mass is 9.78. The number of benzene rings is 1. The number of likely N-dealkylation sites (tertiary alicyclic amines) is 1. The molecule has 1 N–H and O–H groups in total. The minimum absolute atomic E-state index is 0.0431. The highest BCUT2D eigenvalue weighted by molar-refractivity contribution is 6.14. The van der Waals surface area contributed by atoms with Crippen LogP contribution in [0.3, 0.4) is 0 Å². The van der Waals surface area contributed by atoms with Crippen molar-refractivity contribution in [2.45, 2.75) is 44.6 Å². The van der Waals surface area contributed by atoms with Crippen molar-refractivity contribution in [3.05, 3.63) is 65.2 Å². The van der Waals surface area contributed by atoms with Crippen molar-refractivity contribution in [2.24, 2.45) is 23.2 Å². The Balaban J connectivity index is 0.990. The number of fused-ring (bicyclic) bond motifs is 1. The molecule has 0 radical (unpaired) electrons. The minimum atomic E-state index is -1.91. The Morgan fingerprint density at radius 1 is 0.914 bits per heavy atom. The van der Waals surface area contributed by atoms with Crippen LogP contribution in [-0.2, 0) is 38.2 Å². The highest BCUT2D eigenvalue weighted by Crippen LogP contribution is 2.73. The van der Waals surface area contributed by atoms with Gasteiger partial charge >= 0.3 is 18.0 Å². The summed E-state index contributed by atoms with van der Waals surface area (Å²) in [6.45, 7) is 5.37.